The van der Waals surface area contributed by atoms with E-state index in [1.54, 1.807) is 10.6 Å². The van der Waals surface area contributed by atoms with Gasteiger partial charge in [-0.25, -0.2) is 4.98 Å². The van der Waals surface area contributed by atoms with Gasteiger partial charge in [0.15, 0.2) is 5.16 Å². The molecule has 3 rings (SSSR count). The van der Waals surface area contributed by atoms with Gasteiger partial charge in [0.25, 0.3) is 5.56 Å². The fourth-order valence-corrected chi connectivity index (χ4v) is 4.24. The zero-order chi connectivity index (χ0) is 21.0. The van der Waals surface area contributed by atoms with Crippen molar-refractivity contribution >= 4 is 44.5 Å². The molecule has 5 nitrogen and oxygen atoms in total. The normalized spacial score (nSPS) is 12.3. The number of fused-ring (bicyclic) bond motifs is 1. The third kappa shape index (κ3) is 5.28. The van der Waals surface area contributed by atoms with Crippen LogP contribution in [0.15, 0.2) is 63.0 Å². The molecule has 0 aliphatic rings. The lowest BCUT2D eigenvalue weighted by Crippen LogP contribution is -2.30. The molecule has 1 aromatic heterocycles. The Labute approximate surface area is 183 Å². The summed E-state index contributed by atoms with van der Waals surface area (Å²) in [7, 11) is 0. The third-order valence-corrected chi connectivity index (χ3v) is 5.99. The maximum atomic E-state index is 13.4. The molecule has 0 aliphatic heterocycles. The highest BCUT2D eigenvalue weighted by Crippen LogP contribution is 2.26. The van der Waals surface area contributed by atoms with Crippen LogP contribution in [0.25, 0.3) is 10.9 Å². The highest BCUT2D eigenvalue weighted by Gasteiger charge is 2.19. The Morgan fingerprint density at radius 2 is 1.90 bits per heavy atom. The van der Waals surface area contributed by atoms with Crippen molar-refractivity contribution in [2.45, 2.75) is 32.0 Å². The highest BCUT2D eigenvalue weighted by molar-refractivity contribution is 9.10. The van der Waals surface area contributed by atoms with Crippen LogP contribution in [0.4, 0.5) is 0 Å². The van der Waals surface area contributed by atoms with E-state index in [4.69, 9.17) is 4.98 Å². The average Bonchev–Trinajstić information content (AvgIpc) is 2.71. The summed E-state index contributed by atoms with van der Waals surface area (Å²) in [5.41, 5.74) is 1.52. The molecule has 3 aromatic rings. The van der Waals surface area contributed by atoms with E-state index in [0.717, 1.165) is 10.0 Å². The van der Waals surface area contributed by atoms with Gasteiger partial charge >= 0.3 is 0 Å². The van der Waals surface area contributed by atoms with Crippen molar-refractivity contribution < 1.29 is 4.79 Å². The number of hydrogen-bond acceptors (Lipinski definition) is 4. The molecule has 0 saturated carbocycles. The second-order valence-corrected chi connectivity index (χ2v) is 9.16. The summed E-state index contributed by atoms with van der Waals surface area (Å²) in [6, 6.07) is 15.1. The summed E-state index contributed by atoms with van der Waals surface area (Å²) in [5.74, 6) is 0.535. The maximum absolute atomic E-state index is 13.4. The largest absolute Gasteiger partial charge is 0.355 e. The van der Waals surface area contributed by atoms with Crippen molar-refractivity contribution in [3.05, 3.63) is 68.9 Å². The van der Waals surface area contributed by atoms with Crippen LogP contribution >= 0.6 is 27.7 Å². The van der Waals surface area contributed by atoms with Gasteiger partial charge in [0.1, 0.15) is 0 Å². The molecule has 1 amide bonds. The topological polar surface area (TPSA) is 64.0 Å². The van der Waals surface area contributed by atoms with Crippen LogP contribution in [0.3, 0.4) is 0 Å². The first kappa shape index (κ1) is 21.6. The maximum Gasteiger partial charge on any atom is 0.262 e. The average molecular weight is 474 g/mol. The molecule has 0 spiro atoms. The minimum Gasteiger partial charge on any atom is -0.355 e. The van der Waals surface area contributed by atoms with Gasteiger partial charge in [-0.3, -0.25) is 14.2 Å². The third-order valence-electron chi connectivity index (χ3n) is 4.54. The lowest BCUT2D eigenvalue weighted by molar-refractivity contribution is -0.118. The van der Waals surface area contributed by atoms with Crippen molar-refractivity contribution in [2.75, 3.05) is 12.3 Å². The monoisotopic (exact) mass is 473 g/mol. The van der Waals surface area contributed by atoms with E-state index in [-0.39, 0.29) is 23.3 Å². The molecule has 2 aromatic carbocycles. The van der Waals surface area contributed by atoms with E-state index in [2.05, 4.69) is 35.1 Å². The lowest BCUT2D eigenvalue weighted by atomic mass is 10.1. The first-order valence-corrected chi connectivity index (χ1v) is 11.3. The van der Waals surface area contributed by atoms with Gasteiger partial charge in [0, 0.05) is 11.0 Å². The van der Waals surface area contributed by atoms with E-state index in [1.165, 1.54) is 11.8 Å². The number of carbonyl (C=O) groups is 1. The Morgan fingerprint density at radius 3 is 2.59 bits per heavy atom. The fourth-order valence-electron chi connectivity index (χ4n) is 2.97. The molecule has 152 valence electrons. The number of carbonyl (C=O) groups excluding carboxylic acids is 1. The van der Waals surface area contributed by atoms with E-state index in [1.807, 2.05) is 49.4 Å². The van der Waals surface area contributed by atoms with Crippen molar-refractivity contribution in [1.82, 2.24) is 14.9 Å². The van der Waals surface area contributed by atoms with Gasteiger partial charge < -0.3 is 5.32 Å². The number of benzene rings is 2. The Morgan fingerprint density at radius 1 is 1.17 bits per heavy atom. The van der Waals surface area contributed by atoms with Crippen LogP contribution in [0.2, 0.25) is 0 Å². The number of halogens is 1. The number of rotatable bonds is 7. The number of nitrogens with one attached hydrogen (secondary N) is 1. The zero-order valence-electron chi connectivity index (χ0n) is 16.7. The van der Waals surface area contributed by atoms with E-state index < -0.39 is 0 Å². The first-order chi connectivity index (χ1) is 13.9. The second-order valence-electron chi connectivity index (χ2n) is 7.30. The molecular formula is C22H24BrN3O2S. The van der Waals surface area contributed by atoms with Crippen LogP contribution in [-0.4, -0.2) is 27.8 Å². The summed E-state index contributed by atoms with van der Waals surface area (Å²) in [5, 5.41) is 4.00. The summed E-state index contributed by atoms with van der Waals surface area (Å²) in [4.78, 5) is 30.3. The summed E-state index contributed by atoms with van der Waals surface area (Å²) < 4.78 is 2.51. The quantitative estimate of drug-likeness (QED) is 0.401. The Bertz CT molecular complexity index is 1070. The Hall–Kier alpha value is -2.12. The number of nitrogens with zero attached hydrogens (tertiary/aromatic N) is 2. The van der Waals surface area contributed by atoms with Crippen molar-refractivity contribution in [3.8, 4) is 0 Å². The van der Waals surface area contributed by atoms with E-state index in [9.17, 15) is 9.59 Å². The predicted molar refractivity (Wildman–Crippen MR) is 123 cm³/mol. The molecule has 0 bridgehead atoms. The van der Waals surface area contributed by atoms with Crippen LogP contribution in [-0.2, 0) is 4.79 Å². The zero-order valence-corrected chi connectivity index (χ0v) is 19.1. The van der Waals surface area contributed by atoms with Gasteiger partial charge in [-0.1, -0.05) is 71.9 Å². The van der Waals surface area contributed by atoms with Crippen molar-refractivity contribution in [1.29, 1.82) is 0 Å². The first-order valence-electron chi connectivity index (χ1n) is 9.53. The van der Waals surface area contributed by atoms with Gasteiger partial charge in [-0.2, -0.15) is 0 Å². The Kier molecular flexibility index (Phi) is 7.14. The molecule has 0 saturated heterocycles. The van der Waals surface area contributed by atoms with Gasteiger partial charge in [-0.05, 0) is 36.6 Å². The SMILES string of the molecule is CC(C)CNC(=O)CSc1nc2ccc(Br)cc2c(=O)n1C(C)c1ccccc1. The molecule has 1 heterocycles. The molecule has 7 heteroatoms. The van der Waals surface area contributed by atoms with Crippen molar-refractivity contribution in [2.24, 2.45) is 5.92 Å². The standard InChI is InChI=1S/C22H24BrN3O2S/c1-14(2)12-24-20(27)13-29-22-25-19-10-9-17(23)11-18(19)21(28)26(22)15(3)16-7-5-4-6-8-16/h4-11,14-15H,12-13H2,1-3H3,(H,24,27). The Balaban J connectivity index is 2.01. The van der Waals surface area contributed by atoms with Crippen LogP contribution < -0.4 is 10.9 Å². The fraction of sp³-hybridized carbons (Fsp3) is 0.318. The predicted octanol–water partition coefficient (Wildman–Crippen LogP) is 4.63. The number of thioether (sulfide) groups is 1. The second kappa shape index (κ2) is 9.59. The smallest absolute Gasteiger partial charge is 0.262 e. The number of hydrogen-bond donors (Lipinski definition) is 1. The van der Waals surface area contributed by atoms with E-state index >= 15 is 0 Å². The molecule has 1 N–H and O–H groups in total. The van der Waals surface area contributed by atoms with Crippen molar-refractivity contribution in [3.63, 3.8) is 0 Å². The number of amides is 1. The van der Waals surface area contributed by atoms with Gasteiger partial charge in [0.05, 0.1) is 22.7 Å². The van der Waals surface area contributed by atoms with Gasteiger partial charge in [0.2, 0.25) is 5.91 Å². The van der Waals surface area contributed by atoms with Gasteiger partial charge in [-0.15, -0.1) is 0 Å². The molecule has 29 heavy (non-hydrogen) atoms. The van der Waals surface area contributed by atoms with Crippen LogP contribution in [0, 0.1) is 5.92 Å². The number of aromatic nitrogens is 2. The molecule has 0 fully saturated rings. The molecular weight excluding hydrogens is 450 g/mol. The lowest BCUT2D eigenvalue weighted by Gasteiger charge is -2.20. The van der Waals surface area contributed by atoms with Crippen LogP contribution in [0.5, 0.6) is 0 Å². The summed E-state index contributed by atoms with van der Waals surface area (Å²) in [6.45, 7) is 6.71. The van der Waals surface area contributed by atoms with Crippen LogP contribution in [0.1, 0.15) is 32.4 Å². The summed E-state index contributed by atoms with van der Waals surface area (Å²) in [6.07, 6.45) is 0. The van der Waals surface area contributed by atoms with E-state index in [0.29, 0.717) is 28.5 Å². The highest BCUT2D eigenvalue weighted by atomic mass is 79.9. The molecule has 1 atom stereocenters. The molecule has 1 unspecified atom stereocenters. The molecule has 0 radical (unpaired) electrons. The summed E-state index contributed by atoms with van der Waals surface area (Å²) >= 11 is 4.73. The minimum atomic E-state index is -0.208. The molecule has 0 aliphatic carbocycles. The minimum absolute atomic E-state index is 0.0623.